The molecule has 0 atom stereocenters. The summed E-state index contributed by atoms with van der Waals surface area (Å²) < 4.78 is 13.3. The zero-order valence-electron chi connectivity index (χ0n) is 16.9. The van der Waals surface area contributed by atoms with Crippen molar-refractivity contribution in [3.8, 4) is 0 Å². The van der Waals surface area contributed by atoms with Crippen LogP contribution in [0.5, 0.6) is 0 Å². The first-order valence-corrected chi connectivity index (χ1v) is 10.4. The minimum atomic E-state index is -0.163. The van der Waals surface area contributed by atoms with Gasteiger partial charge in [0.05, 0.1) is 0 Å². The second-order valence-corrected chi connectivity index (χ2v) is 8.13. The molecule has 0 spiro atoms. The lowest BCUT2D eigenvalue weighted by atomic mass is 9.95. The fraction of sp³-hybridized carbons (Fsp3) is 0.375. The topological polar surface area (TPSA) is 39.3 Å². The molecule has 0 unspecified atom stereocenters. The number of H-pyrrole nitrogens is 1. The van der Waals surface area contributed by atoms with Crippen molar-refractivity contribution in [3.63, 3.8) is 0 Å². The SMILES string of the molecule is CN(CC1CCN(CCc2cccc(F)c2)CC1)C(=O)c1ccc2cc[nH]c2c1. The van der Waals surface area contributed by atoms with E-state index in [4.69, 9.17) is 0 Å². The van der Waals surface area contributed by atoms with Crippen molar-refractivity contribution in [2.45, 2.75) is 19.3 Å². The molecule has 0 bridgehead atoms. The number of nitrogens with zero attached hydrogens (tertiary/aromatic N) is 2. The van der Waals surface area contributed by atoms with Gasteiger partial charge in [0.15, 0.2) is 0 Å². The number of halogens is 1. The van der Waals surface area contributed by atoms with Crippen LogP contribution in [0.3, 0.4) is 0 Å². The number of benzene rings is 2. The Morgan fingerprint density at radius 1 is 1.17 bits per heavy atom. The molecule has 2 heterocycles. The highest BCUT2D eigenvalue weighted by Gasteiger charge is 2.22. The lowest BCUT2D eigenvalue weighted by Crippen LogP contribution is -2.40. The zero-order valence-corrected chi connectivity index (χ0v) is 16.9. The zero-order chi connectivity index (χ0) is 20.2. The highest BCUT2D eigenvalue weighted by atomic mass is 19.1. The summed E-state index contributed by atoms with van der Waals surface area (Å²) in [4.78, 5) is 20.3. The molecule has 1 aromatic heterocycles. The minimum Gasteiger partial charge on any atom is -0.361 e. The highest BCUT2D eigenvalue weighted by Crippen LogP contribution is 2.20. The summed E-state index contributed by atoms with van der Waals surface area (Å²) in [6, 6.07) is 14.7. The Morgan fingerprint density at radius 3 is 2.79 bits per heavy atom. The summed E-state index contributed by atoms with van der Waals surface area (Å²) in [5.74, 6) is 0.447. The molecule has 3 aromatic rings. The lowest BCUT2D eigenvalue weighted by molar-refractivity contribution is 0.0740. The maximum Gasteiger partial charge on any atom is 0.253 e. The van der Waals surface area contributed by atoms with Crippen molar-refractivity contribution in [1.82, 2.24) is 14.8 Å². The fourth-order valence-corrected chi connectivity index (χ4v) is 4.24. The lowest BCUT2D eigenvalue weighted by Gasteiger charge is -2.34. The predicted octanol–water partition coefficient (Wildman–Crippen LogP) is 4.33. The quantitative estimate of drug-likeness (QED) is 0.677. The van der Waals surface area contributed by atoms with Crippen LogP contribution in [-0.4, -0.2) is 53.9 Å². The van der Waals surface area contributed by atoms with Gasteiger partial charge in [0.1, 0.15) is 5.82 Å². The molecule has 2 aromatic carbocycles. The van der Waals surface area contributed by atoms with E-state index in [-0.39, 0.29) is 11.7 Å². The summed E-state index contributed by atoms with van der Waals surface area (Å²) in [6.07, 6.45) is 4.96. The molecule has 0 radical (unpaired) electrons. The number of hydrogen-bond acceptors (Lipinski definition) is 2. The third-order valence-corrected chi connectivity index (χ3v) is 5.99. The fourth-order valence-electron chi connectivity index (χ4n) is 4.24. The van der Waals surface area contributed by atoms with Crippen LogP contribution in [0.2, 0.25) is 0 Å². The van der Waals surface area contributed by atoms with Crippen LogP contribution < -0.4 is 0 Å². The van der Waals surface area contributed by atoms with E-state index >= 15 is 0 Å². The molecule has 1 fully saturated rings. The van der Waals surface area contributed by atoms with E-state index in [1.807, 2.05) is 48.5 Å². The molecule has 1 saturated heterocycles. The molecule has 0 aliphatic carbocycles. The molecule has 29 heavy (non-hydrogen) atoms. The van der Waals surface area contributed by atoms with Gasteiger partial charge >= 0.3 is 0 Å². The first-order valence-electron chi connectivity index (χ1n) is 10.4. The third kappa shape index (κ3) is 4.85. The number of likely N-dealkylation sites (tertiary alicyclic amines) is 1. The van der Waals surface area contributed by atoms with E-state index in [0.29, 0.717) is 5.92 Å². The molecule has 4 nitrogen and oxygen atoms in total. The van der Waals surface area contributed by atoms with Crippen molar-refractivity contribution < 1.29 is 9.18 Å². The predicted molar refractivity (Wildman–Crippen MR) is 115 cm³/mol. The van der Waals surface area contributed by atoms with E-state index in [1.54, 1.807) is 12.1 Å². The third-order valence-electron chi connectivity index (χ3n) is 5.99. The number of carbonyl (C=O) groups is 1. The monoisotopic (exact) mass is 393 g/mol. The smallest absolute Gasteiger partial charge is 0.253 e. The van der Waals surface area contributed by atoms with Crippen molar-refractivity contribution in [2.24, 2.45) is 5.92 Å². The van der Waals surface area contributed by atoms with E-state index in [2.05, 4.69) is 9.88 Å². The van der Waals surface area contributed by atoms with E-state index < -0.39 is 0 Å². The normalized spacial score (nSPS) is 15.7. The summed E-state index contributed by atoms with van der Waals surface area (Å²) in [6.45, 7) is 3.83. The van der Waals surface area contributed by atoms with Gasteiger partial charge in [-0.15, -0.1) is 0 Å². The largest absolute Gasteiger partial charge is 0.361 e. The van der Waals surface area contributed by atoms with Gasteiger partial charge in [-0.2, -0.15) is 0 Å². The van der Waals surface area contributed by atoms with Crippen LogP contribution in [0.15, 0.2) is 54.7 Å². The molecule has 0 saturated carbocycles. The summed E-state index contributed by atoms with van der Waals surface area (Å²) in [5, 5.41) is 1.12. The maximum atomic E-state index is 13.3. The molecule has 1 aliphatic heterocycles. The molecule has 5 heteroatoms. The molecular formula is C24H28FN3O. The van der Waals surface area contributed by atoms with Crippen molar-refractivity contribution in [3.05, 3.63) is 71.7 Å². The molecule has 152 valence electrons. The number of aromatic nitrogens is 1. The van der Waals surface area contributed by atoms with Crippen LogP contribution >= 0.6 is 0 Å². The second kappa shape index (κ2) is 8.78. The Labute approximate surface area is 171 Å². The van der Waals surface area contributed by atoms with Gasteiger partial charge in [0.2, 0.25) is 0 Å². The Bertz CT molecular complexity index is 975. The van der Waals surface area contributed by atoms with E-state index in [1.165, 1.54) is 6.07 Å². The van der Waals surface area contributed by atoms with Crippen LogP contribution in [0.4, 0.5) is 4.39 Å². The summed E-state index contributed by atoms with van der Waals surface area (Å²) in [5.41, 5.74) is 2.78. The van der Waals surface area contributed by atoms with Gasteiger partial charge in [-0.25, -0.2) is 4.39 Å². The van der Waals surface area contributed by atoms with Gasteiger partial charge in [-0.3, -0.25) is 4.79 Å². The molecule has 4 rings (SSSR count). The van der Waals surface area contributed by atoms with Gasteiger partial charge in [-0.1, -0.05) is 18.2 Å². The molecular weight excluding hydrogens is 365 g/mol. The Balaban J connectivity index is 1.25. The average Bonchev–Trinajstić information content (AvgIpc) is 3.20. The standard InChI is InChI=1S/C24H28FN3O/c1-27(24(29)21-6-5-20-7-11-26-23(20)16-21)17-19-9-13-28(14-10-19)12-8-18-3-2-4-22(25)15-18/h2-7,11,15-16,19,26H,8-10,12-14,17H2,1H3. The number of hydrogen-bond donors (Lipinski definition) is 1. The number of fused-ring (bicyclic) bond motifs is 1. The van der Waals surface area contributed by atoms with Gasteiger partial charge in [0, 0.05) is 37.4 Å². The highest BCUT2D eigenvalue weighted by molar-refractivity contribution is 5.97. The number of nitrogens with one attached hydrogen (secondary N) is 1. The Morgan fingerprint density at radius 2 is 2.00 bits per heavy atom. The second-order valence-electron chi connectivity index (χ2n) is 8.13. The van der Waals surface area contributed by atoms with Gasteiger partial charge in [-0.05, 0) is 79.6 Å². The molecule has 1 N–H and O–H groups in total. The average molecular weight is 394 g/mol. The van der Waals surface area contributed by atoms with E-state index in [9.17, 15) is 9.18 Å². The maximum absolute atomic E-state index is 13.3. The van der Waals surface area contributed by atoms with Gasteiger partial charge < -0.3 is 14.8 Å². The van der Waals surface area contributed by atoms with Crippen LogP contribution in [0, 0.1) is 11.7 Å². The van der Waals surface area contributed by atoms with Gasteiger partial charge in [0.25, 0.3) is 5.91 Å². The number of carbonyl (C=O) groups excluding carboxylic acids is 1. The summed E-state index contributed by atoms with van der Waals surface area (Å²) in [7, 11) is 1.90. The van der Waals surface area contributed by atoms with Crippen molar-refractivity contribution in [1.29, 1.82) is 0 Å². The van der Waals surface area contributed by atoms with Crippen LogP contribution in [0.1, 0.15) is 28.8 Å². The van der Waals surface area contributed by atoms with Crippen molar-refractivity contribution in [2.75, 3.05) is 33.2 Å². The number of amides is 1. The minimum absolute atomic E-state index is 0.0787. The Kier molecular flexibility index (Phi) is 5.95. The van der Waals surface area contributed by atoms with Crippen LogP contribution in [0.25, 0.3) is 10.9 Å². The molecule has 1 amide bonds. The number of aromatic amines is 1. The number of rotatable bonds is 6. The number of piperidine rings is 1. The van der Waals surface area contributed by atoms with E-state index in [0.717, 1.165) is 67.5 Å². The van der Waals surface area contributed by atoms with Crippen LogP contribution in [-0.2, 0) is 6.42 Å². The molecule has 1 aliphatic rings. The first-order chi connectivity index (χ1) is 14.1. The Hall–Kier alpha value is -2.66. The summed E-state index contributed by atoms with van der Waals surface area (Å²) >= 11 is 0. The first kappa shape index (κ1) is 19.6. The van der Waals surface area contributed by atoms with Crippen molar-refractivity contribution >= 4 is 16.8 Å².